The summed E-state index contributed by atoms with van der Waals surface area (Å²) >= 11 is 9.24. The summed E-state index contributed by atoms with van der Waals surface area (Å²) in [4.78, 5) is 0. The molecule has 0 aliphatic heterocycles. The van der Waals surface area contributed by atoms with Gasteiger partial charge < -0.3 is 20.9 Å². The zero-order valence-electron chi connectivity index (χ0n) is 21.3. The van der Waals surface area contributed by atoms with Crippen molar-refractivity contribution in [2.45, 2.75) is 142 Å². The summed E-state index contributed by atoms with van der Waals surface area (Å²) in [5.74, 6) is 0. The number of nitrogens with two attached hydrogens (primary N) is 2. The maximum atomic E-state index is 5.22. The molecule has 0 saturated carbocycles. The summed E-state index contributed by atoms with van der Waals surface area (Å²) in [7, 11) is 0. The molecule has 4 N–H and O–H groups in total. The van der Waals surface area contributed by atoms with E-state index in [4.69, 9.17) is 20.9 Å². The van der Waals surface area contributed by atoms with Gasteiger partial charge in [-0.2, -0.15) is 0 Å². The fraction of sp³-hybridized carbons (Fsp3) is 0.923. The van der Waals surface area contributed by atoms with Gasteiger partial charge in [0.1, 0.15) is 0 Å². The molecule has 0 radical (unpaired) electrons. The Bertz CT molecular complexity index is 366. The van der Waals surface area contributed by atoms with Crippen molar-refractivity contribution in [1.82, 2.24) is 0 Å². The first-order chi connectivity index (χ1) is 15.5. The van der Waals surface area contributed by atoms with Crippen molar-refractivity contribution < 1.29 is 9.47 Å². The molecular weight excluding hydrogens is 459 g/mol. The minimum atomic E-state index is 0. The van der Waals surface area contributed by atoms with Gasteiger partial charge in [0.2, 0.25) is 0 Å². The molecule has 0 aliphatic rings. The number of hydrogen-bond acceptors (Lipinski definition) is 4. The van der Waals surface area contributed by atoms with E-state index < -0.39 is 0 Å². The fourth-order valence-corrected chi connectivity index (χ4v) is 3.69. The summed E-state index contributed by atoms with van der Waals surface area (Å²) in [6.07, 6.45) is 26.7. The van der Waals surface area contributed by atoms with E-state index in [1.165, 1.54) is 116 Å². The van der Waals surface area contributed by atoms with Crippen LogP contribution in [0.25, 0.3) is 0 Å². The predicted molar refractivity (Wildman–Crippen MR) is 156 cm³/mol. The van der Waals surface area contributed by atoms with Gasteiger partial charge in [0.05, 0.1) is 13.2 Å². The van der Waals surface area contributed by atoms with Crippen LogP contribution < -0.4 is 11.5 Å². The fourth-order valence-electron chi connectivity index (χ4n) is 3.52. The second-order valence-corrected chi connectivity index (χ2v) is 9.50. The third-order valence-electron chi connectivity index (χ3n) is 5.48. The Kier molecular flexibility index (Phi) is 39.7. The number of ether oxygens (including phenoxy) is 2. The molecule has 33 heavy (non-hydrogen) atoms. The third kappa shape index (κ3) is 42.9. The van der Waals surface area contributed by atoms with E-state index in [9.17, 15) is 0 Å². The van der Waals surface area contributed by atoms with E-state index in [0.717, 1.165) is 12.8 Å². The molecule has 0 aromatic carbocycles. The Hall–Kier alpha value is 0.380. The Balaban J connectivity index is -0.000000529. The molecule has 0 aliphatic carbocycles. The standard InChI is InChI=1S/2C13H27NOS.Na.H/c2*1-2-3-4-5-6-7-8-9-10-11-12-15-13(14)16;;/h2*2-12H2,1H3,(H2,14,16);;. The van der Waals surface area contributed by atoms with Crippen LogP contribution in [0.5, 0.6) is 0 Å². The van der Waals surface area contributed by atoms with Crippen molar-refractivity contribution in [1.29, 1.82) is 0 Å². The van der Waals surface area contributed by atoms with Crippen LogP contribution in [-0.2, 0) is 9.47 Å². The van der Waals surface area contributed by atoms with Gasteiger partial charge in [-0.25, -0.2) is 0 Å². The molecular formula is C26H55N2NaO2S2. The topological polar surface area (TPSA) is 70.5 Å². The summed E-state index contributed by atoms with van der Waals surface area (Å²) in [6, 6.07) is 0. The molecule has 194 valence electrons. The van der Waals surface area contributed by atoms with Gasteiger partial charge in [0, 0.05) is 0 Å². The third-order valence-corrected chi connectivity index (χ3v) is 5.72. The van der Waals surface area contributed by atoms with E-state index in [2.05, 4.69) is 38.3 Å². The quantitative estimate of drug-likeness (QED) is 0.0876. The van der Waals surface area contributed by atoms with Gasteiger partial charge in [0.25, 0.3) is 10.3 Å². The van der Waals surface area contributed by atoms with Crippen LogP contribution in [0.2, 0.25) is 0 Å². The van der Waals surface area contributed by atoms with Gasteiger partial charge in [-0.3, -0.25) is 0 Å². The molecule has 0 amide bonds. The van der Waals surface area contributed by atoms with Crippen LogP contribution in [0.4, 0.5) is 0 Å². The SMILES string of the molecule is CCCCCCCCCCCCOC(N)=S.CCCCCCCCCCCCOC(N)=S.[NaH]. The van der Waals surface area contributed by atoms with Crippen LogP contribution in [0.1, 0.15) is 142 Å². The first kappa shape index (κ1) is 37.9. The molecule has 0 bridgehead atoms. The zero-order chi connectivity index (χ0) is 24.1. The van der Waals surface area contributed by atoms with Gasteiger partial charge >= 0.3 is 29.6 Å². The van der Waals surface area contributed by atoms with Crippen LogP contribution in [0, 0.1) is 0 Å². The molecule has 4 nitrogen and oxygen atoms in total. The predicted octanol–water partition coefficient (Wildman–Crippen LogP) is 7.69. The van der Waals surface area contributed by atoms with E-state index in [0.29, 0.717) is 13.2 Å². The first-order valence-corrected chi connectivity index (χ1v) is 14.2. The van der Waals surface area contributed by atoms with Gasteiger partial charge in [-0.1, -0.05) is 129 Å². The monoisotopic (exact) mass is 514 g/mol. The van der Waals surface area contributed by atoms with Crippen LogP contribution in [0.15, 0.2) is 0 Å². The van der Waals surface area contributed by atoms with Crippen molar-refractivity contribution in [3.63, 3.8) is 0 Å². The van der Waals surface area contributed by atoms with Crippen LogP contribution >= 0.6 is 24.4 Å². The Morgan fingerprint density at radius 1 is 0.455 bits per heavy atom. The molecule has 0 atom stereocenters. The molecule has 0 aromatic heterocycles. The molecule has 0 aromatic rings. The summed E-state index contributed by atoms with van der Waals surface area (Å²) in [6.45, 7) is 5.89. The molecule has 0 saturated heterocycles. The van der Waals surface area contributed by atoms with Crippen LogP contribution in [0.3, 0.4) is 0 Å². The Morgan fingerprint density at radius 2 is 0.667 bits per heavy atom. The molecule has 0 heterocycles. The molecule has 0 spiro atoms. The van der Waals surface area contributed by atoms with Gasteiger partial charge in [-0.15, -0.1) is 0 Å². The first-order valence-electron chi connectivity index (χ1n) is 13.4. The van der Waals surface area contributed by atoms with E-state index >= 15 is 0 Å². The Morgan fingerprint density at radius 3 is 0.879 bits per heavy atom. The van der Waals surface area contributed by atoms with Crippen molar-refractivity contribution in [3.8, 4) is 0 Å². The average molecular weight is 515 g/mol. The molecule has 0 fully saturated rings. The average Bonchev–Trinajstić information content (AvgIpc) is 2.76. The van der Waals surface area contributed by atoms with Crippen LogP contribution in [-0.4, -0.2) is 53.1 Å². The second kappa shape index (κ2) is 34.5. The van der Waals surface area contributed by atoms with Crippen molar-refractivity contribution in [2.24, 2.45) is 11.5 Å². The summed E-state index contributed by atoms with van der Waals surface area (Å²) < 4.78 is 10.0. The Labute approximate surface area is 239 Å². The van der Waals surface area contributed by atoms with Gasteiger partial charge in [0.15, 0.2) is 0 Å². The summed E-state index contributed by atoms with van der Waals surface area (Å²) in [5, 5.41) is 0.354. The van der Waals surface area contributed by atoms with E-state index in [-0.39, 0.29) is 39.9 Å². The van der Waals surface area contributed by atoms with E-state index in [1.807, 2.05) is 0 Å². The van der Waals surface area contributed by atoms with Crippen molar-refractivity contribution >= 4 is 64.3 Å². The molecule has 0 rings (SSSR count). The molecule has 7 heteroatoms. The summed E-state index contributed by atoms with van der Waals surface area (Å²) in [5.41, 5.74) is 10.4. The normalized spacial score (nSPS) is 10.0. The number of thiocarbonyl (C=S) groups is 2. The number of unbranched alkanes of at least 4 members (excludes halogenated alkanes) is 18. The van der Waals surface area contributed by atoms with Gasteiger partial charge in [-0.05, 0) is 37.3 Å². The van der Waals surface area contributed by atoms with E-state index in [1.54, 1.807) is 0 Å². The zero-order valence-corrected chi connectivity index (χ0v) is 23.0. The van der Waals surface area contributed by atoms with Crippen molar-refractivity contribution in [3.05, 3.63) is 0 Å². The maximum absolute atomic E-state index is 5.22. The number of rotatable bonds is 22. The minimum absolute atomic E-state index is 0. The van der Waals surface area contributed by atoms with Crippen molar-refractivity contribution in [2.75, 3.05) is 13.2 Å². The number of hydrogen-bond donors (Lipinski definition) is 2. The molecule has 0 unspecified atom stereocenters. The second-order valence-electron chi connectivity index (χ2n) is 8.70.